The van der Waals surface area contributed by atoms with E-state index >= 15 is 0 Å². The van der Waals surface area contributed by atoms with Gasteiger partial charge in [-0.1, -0.05) is 30.3 Å². The summed E-state index contributed by atoms with van der Waals surface area (Å²) in [4.78, 5) is 30.6. The van der Waals surface area contributed by atoms with Crippen LogP contribution in [0.1, 0.15) is 29.7 Å². The van der Waals surface area contributed by atoms with Crippen LogP contribution in [-0.4, -0.2) is 30.5 Å². The van der Waals surface area contributed by atoms with E-state index in [1.165, 1.54) is 16.9 Å². The number of hydrogen-bond acceptors (Lipinski definition) is 5. The van der Waals surface area contributed by atoms with Crippen molar-refractivity contribution in [2.75, 3.05) is 23.9 Å². The molecule has 0 atom stereocenters. The van der Waals surface area contributed by atoms with Crippen LogP contribution in [0.2, 0.25) is 0 Å². The molecule has 1 aliphatic heterocycles. The molecule has 2 amide bonds. The molecule has 154 valence electrons. The zero-order chi connectivity index (χ0) is 20.9. The quantitative estimate of drug-likeness (QED) is 0.625. The van der Waals surface area contributed by atoms with Crippen LogP contribution in [0.25, 0.3) is 0 Å². The average molecular weight is 422 g/mol. The van der Waals surface area contributed by atoms with Crippen molar-refractivity contribution < 1.29 is 14.3 Å². The molecule has 0 spiro atoms. The van der Waals surface area contributed by atoms with Gasteiger partial charge in [-0.2, -0.15) is 0 Å². The minimum atomic E-state index is -0.143. The van der Waals surface area contributed by atoms with Gasteiger partial charge in [0.2, 0.25) is 11.8 Å². The molecule has 30 heavy (non-hydrogen) atoms. The molecule has 1 N–H and O–H groups in total. The van der Waals surface area contributed by atoms with Crippen LogP contribution in [0.15, 0.2) is 53.9 Å². The molecule has 2 heterocycles. The number of rotatable bonds is 7. The highest BCUT2D eigenvalue weighted by Crippen LogP contribution is 2.27. The van der Waals surface area contributed by atoms with Crippen LogP contribution in [0.4, 0.5) is 10.8 Å². The molecule has 2 aromatic carbocycles. The molecule has 1 saturated heterocycles. The van der Waals surface area contributed by atoms with E-state index in [9.17, 15) is 9.59 Å². The van der Waals surface area contributed by atoms with Gasteiger partial charge in [0.15, 0.2) is 5.13 Å². The number of methoxy groups -OCH3 is 1. The highest BCUT2D eigenvalue weighted by molar-refractivity contribution is 7.14. The third-order valence-electron chi connectivity index (χ3n) is 4.99. The molecule has 1 fully saturated rings. The number of thiazole rings is 1. The smallest absolute Gasteiger partial charge is 0.230 e. The summed E-state index contributed by atoms with van der Waals surface area (Å²) in [6.07, 6.45) is 2.31. The highest BCUT2D eigenvalue weighted by atomic mass is 32.1. The third kappa shape index (κ3) is 4.68. The SMILES string of the molecule is COc1ccc(NC(=O)Cc2csc(N3CCCC3=O)n2)cc1Cc1ccccc1. The van der Waals surface area contributed by atoms with Crippen LogP contribution >= 0.6 is 11.3 Å². The van der Waals surface area contributed by atoms with Crippen molar-refractivity contribution in [3.63, 3.8) is 0 Å². The number of nitrogens with zero attached hydrogens (tertiary/aromatic N) is 2. The Morgan fingerprint density at radius 1 is 1.23 bits per heavy atom. The van der Waals surface area contributed by atoms with Gasteiger partial charge in [0, 0.05) is 36.0 Å². The molecular weight excluding hydrogens is 398 g/mol. The van der Waals surface area contributed by atoms with E-state index in [-0.39, 0.29) is 18.2 Å². The fourth-order valence-corrected chi connectivity index (χ4v) is 4.40. The molecule has 1 aliphatic rings. The molecule has 6 nitrogen and oxygen atoms in total. The van der Waals surface area contributed by atoms with Gasteiger partial charge in [0.1, 0.15) is 5.75 Å². The monoisotopic (exact) mass is 421 g/mol. The Labute approximate surface area is 179 Å². The lowest BCUT2D eigenvalue weighted by Gasteiger charge is -2.12. The third-order valence-corrected chi connectivity index (χ3v) is 5.90. The van der Waals surface area contributed by atoms with Crippen LogP contribution in [0, 0.1) is 0 Å². The van der Waals surface area contributed by atoms with E-state index in [4.69, 9.17) is 4.74 Å². The zero-order valence-corrected chi connectivity index (χ0v) is 17.6. The molecule has 4 rings (SSSR count). The lowest BCUT2D eigenvalue weighted by Crippen LogP contribution is -2.23. The van der Waals surface area contributed by atoms with Crippen molar-refractivity contribution in [2.24, 2.45) is 0 Å². The van der Waals surface area contributed by atoms with Gasteiger partial charge in [-0.3, -0.25) is 14.5 Å². The Kier molecular flexibility index (Phi) is 6.09. The van der Waals surface area contributed by atoms with E-state index < -0.39 is 0 Å². The summed E-state index contributed by atoms with van der Waals surface area (Å²) in [5.74, 6) is 0.747. The number of anilines is 2. The summed E-state index contributed by atoms with van der Waals surface area (Å²) in [6.45, 7) is 0.702. The number of ether oxygens (including phenoxy) is 1. The van der Waals surface area contributed by atoms with Crippen molar-refractivity contribution in [3.8, 4) is 5.75 Å². The fraction of sp³-hybridized carbons (Fsp3) is 0.261. The Morgan fingerprint density at radius 3 is 2.80 bits per heavy atom. The number of hydrogen-bond donors (Lipinski definition) is 1. The largest absolute Gasteiger partial charge is 0.496 e. The number of amides is 2. The number of aromatic nitrogens is 1. The average Bonchev–Trinajstić information content (AvgIpc) is 3.37. The minimum absolute atomic E-state index is 0.101. The highest BCUT2D eigenvalue weighted by Gasteiger charge is 2.24. The number of benzene rings is 2. The molecule has 0 aliphatic carbocycles. The summed E-state index contributed by atoms with van der Waals surface area (Å²) < 4.78 is 5.48. The molecule has 0 unspecified atom stereocenters. The molecule has 7 heteroatoms. The molecular formula is C23H23N3O3S. The summed E-state index contributed by atoms with van der Waals surface area (Å²) in [5.41, 5.74) is 3.57. The van der Waals surface area contributed by atoms with Crippen LogP contribution < -0.4 is 15.0 Å². The molecule has 0 radical (unpaired) electrons. The maximum absolute atomic E-state index is 12.5. The van der Waals surface area contributed by atoms with E-state index in [1.54, 1.807) is 12.0 Å². The Bertz CT molecular complexity index is 1050. The standard InChI is InChI=1S/C23H23N3O3S/c1-29-20-10-9-18(13-17(20)12-16-6-3-2-4-7-16)24-21(27)14-19-15-30-23(25-19)26-11-5-8-22(26)28/h2-4,6-7,9-10,13,15H,5,8,11-12,14H2,1H3,(H,24,27). The normalized spacial score (nSPS) is 13.5. The summed E-state index contributed by atoms with van der Waals surface area (Å²) >= 11 is 1.40. The number of carbonyl (C=O) groups excluding carboxylic acids is 2. The topological polar surface area (TPSA) is 71.5 Å². The first-order chi connectivity index (χ1) is 14.6. The summed E-state index contributed by atoms with van der Waals surface area (Å²) in [6, 6.07) is 15.8. The first-order valence-electron chi connectivity index (χ1n) is 9.88. The Balaban J connectivity index is 1.42. The van der Waals surface area contributed by atoms with Gasteiger partial charge in [0.25, 0.3) is 0 Å². The van der Waals surface area contributed by atoms with Gasteiger partial charge in [-0.15, -0.1) is 11.3 Å². The van der Waals surface area contributed by atoms with Crippen molar-refractivity contribution in [1.82, 2.24) is 4.98 Å². The maximum atomic E-state index is 12.5. The number of carbonyl (C=O) groups is 2. The van der Waals surface area contributed by atoms with E-state index in [2.05, 4.69) is 22.4 Å². The van der Waals surface area contributed by atoms with Crippen molar-refractivity contribution in [2.45, 2.75) is 25.7 Å². The van der Waals surface area contributed by atoms with Gasteiger partial charge < -0.3 is 10.1 Å². The van der Waals surface area contributed by atoms with E-state index in [0.717, 1.165) is 23.4 Å². The molecule has 0 saturated carbocycles. The van der Waals surface area contributed by atoms with Crippen LogP contribution in [-0.2, 0) is 22.4 Å². The Hall–Kier alpha value is -3.19. The molecule has 0 bridgehead atoms. The zero-order valence-electron chi connectivity index (χ0n) is 16.8. The predicted molar refractivity (Wildman–Crippen MR) is 118 cm³/mol. The number of nitrogens with one attached hydrogen (secondary N) is 1. The second-order valence-electron chi connectivity index (χ2n) is 7.18. The lowest BCUT2D eigenvalue weighted by atomic mass is 10.0. The molecule has 1 aromatic heterocycles. The van der Waals surface area contributed by atoms with Crippen LogP contribution in [0.3, 0.4) is 0 Å². The minimum Gasteiger partial charge on any atom is -0.496 e. The van der Waals surface area contributed by atoms with Gasteiger partial charge in [0.05, 0.1) is 19.2 Å². The second-order valence-corrected chi connectivity index (χ2v) is 8.02. The fourth-order valence-electron chi connectivity index (χ4n) is 3.53. The Morgan fingerprint density at radius 2 is 2.07 bits per heavy atom. The van der Waals surface area contributed by atoms with E-state index in [0.29, 0.717) is 30.2 Å². The summed E-state index contributed by atoms with van der Waals surface area (Å²) in [7, 11) is 1.65. The second kappa shape index (κ2) is 9.09. The van der Waals surface area contributed by atoms with Gasteiger partial charge >= 0.3 is 0 Å². The lowest BCUT2D eigenvalue weighted by molar-refractivity contribution is -0.117. The predicted octanol–water partition coefficient (Wildman–Crippen LogP) is 4.05. The van der Waals surface area contributed by atoms with Crippen LogP contribution in [0.5, 0.6) is 5.75 Å². The van der Waals surface area contributed by atoms with Crippen molar-refractivity contribution in [3.05, 3.63) is 70.7 Å². The van der Waals surface area contributed by atoms with Crippen molar-refractivity contribution >= 4 is 34.0 Å². The van der Waals surface area contributed by atoms with Crippen molar-refractivity contribution in [1.29, 1.82) is 0 Å². The van der Waals surface area contributed by atoms with E-state index in [1.807, 2.05) is 41.8 Å². The maximum Gasteiger partial charge on any atom is 0.230 e. The van der Waals surface area contributed by atoms with Gasteiger partial charge in [-0.25, -0.2) is 4.98 Å². The van der Waals surface area contributed by atoms with Gasteiger partial charge in [-0.05, 0) is 30.2 Å². The molecule has 3 aromatic rings. The summed E-state index contributed by atoms with van der Waals surface area (Å²) in [5, 5.41) is 5.46. The first-order valence-corrected chi connectivity index (χ1v) is 10.8. The first kappa shape index (κ1) is 20.1.